The van der Waals surface area contributed by atoms with Crippen molar-refractivity contribution in [1.82, 2.24) is 0 Å². The Labute approximate surface area is 227 Å². The molecule has 1 N–H and O–H groups in total. The number of carbonyl (C=O) groups excluding carboxylic acids is 1. The molecule has 0 fully saturated rings. The molecule has 2 aromatic rings. The van der Waals surface area contributed by atoms with Crippen LogP contribution in [0.4, 0.5) is 5.69 Å². The van der Waals surface area contributed by atoms with Crippen LogP contribution >= 0.6 is 23.4 Å². The van der Waals surface area contributed by atoms with Crippen LogP contribution in [0.25, 0.3) is 0 Å². The van der Waals surface area contributed by atoms with E-state index in [1.54, 1.807) is 31.3 Å². The number of anilines is 1. The number of benzene rings is 2. The minimum Gasteiger partial charge on any atom is -1.00 e. The number of carboxylic acids is 1. The Kier molecular flexibility index (Phi) is 9.59. The zero-order chi connectivity index (χ0) is 23.6. The van der Waals surface area contributed by atoms with Crippen molar-refractivity contribution in [3.63, 3.8) is 0 Å². The Hall–Kier alpha value is -1.38. The van der Waals surface area contributed by atoms with Crippen molar-refractivity contribution in [3.8, 4) is 11.5 Å². The molecule has 174 valence electrons. The van der Waals surface area contributed by atoms with Gasteiger partial charge >= 0.3 is 35.5 Å². The van der Waals surface area contributed by atoms with Gasteiger partial charge in [-0.3, -0.25) is 9.59 Å². The van der Waals surface area contributed by atoms with Gasteiger partial charge in [0.05, 0.1) is 31.1 Å². The van der Waals surface area contributed by atoms with Crippen LogP contribution in [0.3, 0.4) is 0 Å². The molecule has 3 rings (SSSR count). The second-order valence-electron chi connectivity index (χ2n) is 8.90. The second kappa shape index (κ2) is 11.4. The molecule has 0 saturated carbocycles. The quantitative estimate of drug-likeness (QED) is 0.613. The summed E-state index contributed by atoms with van der Waals surface area (Å²) in [7, 11) is 3.15. The molecule has 0 radical (unpaired) electrons. The number of aliphatic carboxylic acids is 1. The van der Waals surface area contributed by atoms with Crippen LogP contribution in [0.15, 0.2) is 36.4 Å². The van der Waals surface area contributed by atoms with Crippen LogP contribution in [0.2, 0.25) is 5.02 Å². The molecule has 2 aromatic carbocycles. The molecule has 0 aliphatic carbocycles. The van der Waals surface area contributed by atoms with Crippen molar-refractivity contribution in [2.24, 2.45) is 5.41 Å². The number of amides is 1. The van der Waals surface area contributed by atoms with Gasteiger partial charge in [-0.2, -0.15) is 0 Å². The van der Waals surface area contributed by atoms with Gasteiger partial charge in [0.15, 0.2) is 0 Å². The van der Waals surface area contributed by atoms with Crippen molar-refractivity contribution < 1.29 is 55.2 Å². The van der Waals surface area contributed by atoms with Gasteiger partial charge in [-0.15, -0.1) is 11.8 Å². The number of rotatable bonds is 6. The van der Waals surface area contributed by atoms with Gasteiger partial charge in [0, 0.05) is 28.9 Å². The smallest absolute Gasteiger partial charge is 1.00 e. The number of thioether (sulfide) groups is 1. The van der Waals surface area contributed by atoms with Crippen LogP contribution in [-0.2, 0) is 9.59 Å². The van der Waals surface area contributed by atoms with Crippen LogP contribution in [0.1, 0.15) is 45.0 Å². The number of hydrogen-bond donors (Lipinski definition) is 1. The van der Waals surface area contributed by atoms with Crippen LogP contribution < -0.4 is 43.9 Å². The zero-order valence-corrected chi connectivity index (χ0v) is 23.4. The minimum absolute atomic E-state index is 0. The predicted molar refractivity (Wildman–Crippen MR) is 129 cm³/mol. The van der Waals surface area contributed by atoms with E-state index in [-0.39, 0.29) is 54.0 Å². The van der Waals surface area contributed by atoms with Gasteiger partial charge in [-0.25, -0.2) is 0 Å². The maximum atomic E-state index is 13.6. The number of hydrogen-bond acceptors (Lipinski definition) is 5. The molecule has 1 amide bonds. The van der Waals surface area contributed by atoms with Gasteiger partial charge in [-0.1, -0.05) is 38.4 Å². The maximum Gasteiger partial charge on any atom is 1.00 e. The average molecular weight is 502 g/mol. The number of halogens is 1. The van der Waals surface area contributed by atoms with Gasteiger partial charge < -0.3 is 20.9 Å². The number of ether oxygens (including phenoxy) is 2. The molecule has 0 unspecified atom stereocenters. The van der Waals surface area contributed by atoms with E-state index < -0.39 is 11.2 Å². The molecule has 6 nitrogen and oxygen atoms in total. The maximum absolute atomic E-state index is 13.6. The Morgan fingerprint density at radius 2 is 1.85 bits per heavy atom. The summed E-state index contributed by atoms with van der Waals surface area (Å²) >= 11 is 7.70. The summed E-state index contributed by atoms with van der Waals surface area (Å²) in [6, 6.07) is 11.0. The first-order valence-electron chi connectivity index (χ1n) is 10.2. The molecular weight excluding hydrogens is 473 g/mol. The van der Waals surface area contributed by atoms with E-state index in [0.29, 0.717) is 23.1 Å². The van der Waals surface area contributed by atoms with Gasteiger partial charge in [0.25, 0.3) is 0 Å². The molecule has 0 aromatic heterocycles. The first kappa shape index (κ1) is 27.9. The standard InChI is InChI=1S/C24H28ClNO5S.Na.H/c1-24(2,3)13-26-18-9-6-14(25)10-17(18)22(32-20(23(26)29)12-21(27)28)16-8-7-15(30-4)11-19(16)31-5;;/h6-11,20,22H,12-13H2,1-5H3,(H,27,28);;/q;+1;-1/t20-,22-;;/m1../s1. The molecule has 0 saturated heterocycles. The van der Waals surface area contributed by atoms with Crippen molar-refractivity contribution in [2.75, 3.05) is 25.7 Å². The van der Waals surface area contributed by atoms with Crippen LogP contribution in [0.5, 0.6) is 11.5 Å². The molecule has 0 bridgehead atoms. The number of fused-ring (bicyclic) bond motifs is 1. The predicted octanol–water partition coefficient (Wildman–Crippen LogP) is 2.53. The summed E-state index contributed by atoms with van der Waals surface area (Å²) in [6.07, 6.45) is -0.277. The van der Waals surface area contributed by atoms with Crippen molar-refractivity contribution in [3.05, 3.63) is 52.5 Å². The summed E-state index contributed by atoms with van der Waals surface area (Å²) in [5, 5.41) is 8.95. The van der Waals surface area contributed by atoms with E-state index in [0.717, 1.165) is 16.8 Å². The number of carbonyl (C=O) groups is 2. The number of nitrogens with zero attached hydrogens (tertiary/aromatic N) is 1. The van der Waals surface area contributed by atoms with E-state index in [1.165, 1.54) is 11.8 Å². The van der Waals surface area contributed by atoms with Crippen LogP contribution in [0, 0.1) is 5.41 Å². The normalized spacial score (nSPS) is 18.1. The monoisotopic (exact) mass is 501 g/mol. The van der Waals surface area contributed by atoms with Gasteiger partial charge in [0.2, 0.25) is 5.91 Å². The van der Waals surface area contributed by atoms with E-state index in [1.807, 2.05) is 45.0 Å². The molecule has 1 heterocycles. The van der Waals surface area contributed by atoms with Gasteiger partial charge in [-0.05, 0) is 35.2 Å². The topological polar surface area (TPSA) is 76.1 Å². The number of carboxylic acid groups (broad SMARTS) is 1. The fourth-order valence-electron chi connectivity index (χ4n) is 3.78. The fourth-order valence-corrected chi connectivity index (χ4v) is 5.45. The third-order valence-corrected chi connectivity index (χ3v) is 6.83. The third kappa shape index (κ3) is 6.61. The van der Waals surface area contributed by atoms with Crippen molar-refractivity contribution >= 4 is 40.9 Å². The second-order valence-corrected chi connectivity index (χ2v) is 10.6. The molecule has 33 heavy (non-hydrogen) atoms. The van der Waals surface area contributed by atoms with E-state index >= 15 is 0 Å². The van der Waals surface area contributed by atoms with Crippen molar-refractivity contribution in [2.45, 2.75) is 37.7 Å². The third-order valence-electron chi connectivity index (χ3n) is 5.12. The fraction of sp³-hybridized carbons (Fsp3) is 0.417. The first-order valence-corrected chi connectivity index (χ1v) is 11.6. The SMILES string of the molecule is COc1ccc([C@H]2S[C@H](CC(=O)O)C(=O)N(CC(C)(C)C)c3ccc(Cl)cc32)c(OC)c1.[H-].[Na+]. The minimum atomic E-state index is -1.02. The molecule has 9 heteroatoms. The molecule has 0 spiro atoms. The molecule has 2 atom stereocenters. The van der Waals surface area contributed by atoms with Crippen molar-refractivity contribution in [1.29, 1.82) is 0 Å². The summed E-state index contributed by atoms with van der Waals surface area (Å²) in [4.78, 5) is 27.0. The first-order chi connectivity index (χ1) is 15.0. The van der Waals surface area contributed by atoms with E-state index in [2.05, 4.69) is 0 Å². The Morgan fingerprint density at radius 1 is 1.15 bits per heavy atom. The summed E-state index contributed by atoms with van der Waals surface area (Å²) in [5.74, 6) is 0.00324. The summed E-state index contributed by atoms with van der Waals surface area (Å²) in [5.41, 5.74) is 2.21. The Balaban J connectivity index is 0.00000289. The van der Waals surface area contributed by atoms with E-state index in [4.69, 9.17) is 21.1 Å². The Bertz CT molecular complexity index is 1030. The average Bonchev–Trinajstić information content (AvgIpc) is 2.82. The zero-order valence-electron chi connectivity index (χ0n) is 20.8. The summed E-state index contributed by atoms with van der Waals surface area (Å²) < 4.78 is 11.0. The summed E-state index contributed by atoms with van der Waals surface area (Å²) in [6.45, 7) is 6.59. The molecular formula is C24H29ClNNaO5S. The largest absolute Gasteiger partial charge is 1.00 e. The van der Waals surface area contributed by atoms with E-state index in [9.17, 15) is 14.7 Å². The molecule has 1 aliphatic heterocycles. The van der Waals surface area contributed by atoms with Crippen LogP contribution in [-0.4, -0.2) is 43.0 Å². The Morgan fingerprint density at radius 3 is 2.42 bits per heavy atom. The van der Waals surface area contributed by atoms with Gasteiger partial charge in [0.1, 0.15) is 11.5 Å². The number of methoxy groups -OCH3 is 2. The molecule has 1 aliphatic rings.